The predicted octanol–water partition coefficient (Wildman–Crippen LogP) is 5.31. The molecule has 0 bridgehead atoms. The molecule has 4 aromatic rings. The third kappa shape index (κ3) is 2.62. The summed E-state index contributed by atoms with van der Waals surface area (Å²) in [6.45, 7) is 4.19. The molecule has 2 aliphatic rings. The van der Waals surface area contributed by atoms with Crippen molar-refractivity contribution in [2.24, 2.45) is 0 Å². The van der Waals surface area contributed by atoms with Gasteiger partial charge in [0, 0.05) is 28.9 Å². The summed E-state index contributed by atoms with van der Waals surface area (Å²) in [7, 11) is 1.66. The minimum absolute atomic E-state index is 0.149. The van der Waals surface area contributed by atoms with Gasteiger partial charge in [0.1, 0.15) is 5.75 Å². The summed E-state index contributed by atoms with van der Waals surface area (Å²) >= 11 is 0. The number of hydrogen-bond donors (Lipinski definition) is 1. The van der Waals surface area contributed by atoms with Crippen molar-refractivity contribution in [2.75, 3.05) is 18.6 Å². The number of carbonyl (C=O) groups excluding carboxylic acids is 2. The first-order chi connectivity index (χ1) is 16.4. The highest BCUT2D eigenvalue weighted by Crippen LogP contribution is 2.51. The molecule has 2 aliphatic heterocycles. The van der Waals surface area contributed by atoms with Crippen molar-refractivity contribution in [1.29, 1.82) is 0 Å². The van der Waals surface area contributed by atoms with Crippen LogP contribution in [0.3, 0.4) is 0 Å². The topological polar surface area (TPSA) is 65.6 Å². The summed E-state index contributed by atoms with van der Waals surface area (Å²) in [6.07, 6.45) is 0. The van der Waals surface area contributed by atoms with E-state index in [0.717, 1.165) is 39.0 Å². The molecule has 1 saturated heterocycles. The second-order valence-electron chi connectivity index (χ2n) is 9.20. The van der Waals surface area contributed by atoms with Gasteiger partial charge in [0.2, 0.25) is 0 Å². The van der Waals surface area contributed by atoms with Crippen LogP contribution in [0, 0.1) is 6.92 Å². The van der Waals surface area contributed by atoms with Crippen molar-refractivity contribution in [1.82, 2.24) is 9.88 Å². The van der Waals surface area contributed by atoms with Crippen molar-refractivity contribution in [2.45, 2.75) is 25.3 Å². The Hall–Kier alpha value is -4.06. The molecule has 170 valence electrons. The zero-order chi connectivity index (χ0) is 23.6. The molecule has 1 unspecified atom stereocenters. The molecule has 3 aromatic carbocycles. The fourth-order valence-corrected chi connectivity index (χ4v) is 5.62. The quantitative estimate of drug-likeness (QED) is 0.429. The van der Waals surface area contributed by atoms with E-state index >= 15 is 0 Å². The van der Waals surface area contributed by atoms with E-state index in [1.807, 2.05) is 80.6 Å². The van der Waals surface area contributed by atoms with Crippen LogP contribution in [-0.2, 0) is 10.3 Å². The minimum Gasteiger partial charge on any atom is -0.496 e. The van der Waals surface area contributed by atoms with Crippen LogP contribution in [0.25, 0.3) is 10.9 Å². The number of aryl methyl sites for hydroxylation is 1. The van der Waals surface area contributed by atoms with Gasteiger partial charge in [-0.25, -0.2) is 9.69 Å². The highest BCUT2D eigenvalue weighted by Gasteiger charge is 2.60. The van der Waals surface area contributed by atoms with E-state index in [1.165, 1.54) is 4.90 Å². The molecule has 3 amide bonds. The van der Waals surface area contributed by atoms with Crippen LogP contribution in [-0.4, -0.2) is 35.5 Å². The molecule has 34 heavy (non-hydrogen) atoms. The molecule has 6 nitrogen and oxygen atoms in total. The van der Waals surface area contributed by atoms with Gasteiger partial charge in [-0.1, -0.05) is 48.5 Å². The number of amides is 3. The number of benzene rings is 3. The molecular weight excluding hydrogens is 426 g/mol. The van der Waals surface area contributed by atoms with Crippen molar-refractivity contribution in [3.05, 3.63) is 95.2 Å². The monoisotopic (exact) mass is 451 g/mol. The minimum atomic E-state index is -1.13. The number of fused-ring (bicyclic) bond motifs is 5. The third-order valence-corrected chi connectivity index (χ3v) is 7.30. The highest BCUT2D eigenvalue weighted by atomic mass is 16.5. The Kier molecular flexibility index (Phi) is 4.36. The molecule has 1 N–H and O–H groups in total. The van der Waals surface area contributed by atoms with Gasteiger partial charge in [0.25, 0.3) is 5.91 Å². The molecule has 3 heterocycles. The van der Waals surface area contributed by atoms with Gasteiger partial charge in [-0.15, -0.1) is 0 Å². The normalized spacial score (nSPS) is 21.7. The van der Waals surface area contributed by atoms with Crippen LogP contribution in [0.5, 0.6) is 5.75 Å². The van der Waals surface area contributed by atoms with Crippen molar-refractivity contribution in [3.8, 4) is 5.75 Å². The number of carbonyl (C=O) groups is 2. The maximum Gasteiger partial charge on any atom is 0.332 e. The van der Waals surface area contributed by atoms with Gasteiger partial charge in [0.05, 0.1) is 18.5 Å². The van der Waals surface area contributed by atoms with Gasteiger partial charge >= 0.3 is 6.03 Å². The van der Waals surface area contributed by atoms with Gasteiger partial charge in [-0.05, 0) is 49.2 Å². The van der Waals surface area contributed by atoms with Gasteiger partial charge < -0.3 is 14.6 Å². The van der Waals surface area contributed by atoms with Crippen LogP contribution in [0.2, 0.25) is 0 Å². The molecule has 0 radical (unpaired) electrons. The van der Waals surface area contributed by atoms with E-state index in [4.69, 9.17) is 4.74 Å². The SMILES string of the molecule is COc1ccccc1C1CN2C(=O)N(c3cccc(C)c3)C(=O)[C@]2(C)c2[nH]c3ccccc3c21. The standard InChI is InChI=1S/C28H25N3O3/c1-17-9-8-10-18(15-17)31-26(32)28(2)25-24(20-12-4-6-13-22(20)29-25)21(16-30(28)27(31)33)19-11-5-7-14-23(19)34-3/h4-15,21,29H,16H2,1-3H3/t21?,28-/m0/s1. The summed E-state index contributed by atoms with van der Waals surface area (Å²) in [4.78, 5) is 34.4. The molecule has 2 atom stereocenters. The van der Waals surface area contributed by atoms with E-state index in [1.54, 1.807) is 12.0 Å². The lowest BCUT2D eigenvalue weighted by Gasteiger charge is -2.40. The van der Waals surface area contributed by atoms with E-state index in [9.17, 15) is 9.59 Å². The molecule has 1 aromatic heterocycles. The van der Waals surface area contributed by atoms with Crippen LogP contribution in [0.4, 0.5) is 10.5 Å². The van der Waals surface area contributed by atoms with Crippen molar-refractivity contribution in [3.63, 3.8) is 0 Å². The Labute approximate surface area is 197 Å². The summed E-state index contributed by atoms with van der Waals surface area (Å²) in [5.41, 5.74) is 4.21. The van der Waals surface area contributed by atoms with E-state index in [2.05, 4.69) is 11.1 Å². The molecule has 0 spiro atoms. The van der Waals surface area contributed by atoms with Gasteiger partial charge in [-0.2, -0.15) is 0 Å². The van der Waals surface area contributed by atoms with Crippen LogP contribution in [0.1, 0.15) is 35.2 Å². The smallest absolute Gasteiger partial charge is 0.332 e. The second kappa shape index (κ2) is 7.22. The number of urea groups is 1. The van der Waals surface area contributed by atoms with Gasteiger partial charge in [-0.3, -0.25) is 4.79 Å². The lowest BCUT2D eigenvalue weighted by molar-refractivity contribution is -0.125. The van der Waals surface area contributed by atoms with E-state index < -0.39 is 5.54 Å². The largest absolute Gasteiger partial charge is 0.496 e. The molecule has 6 rings (SSSR count). The van der Waals surface area contributed by atoms with Crippen molar-refractivity contribution >= 4 is 28.5 Å². The zero-order valence-corrected chi connectivity index (χ0v) is 19.3. The Morgan fingerprint density at radius 3 is 2.56 bits per heavy atom. The maximum absolute atomic E-state index is 14.0. The third-order valence-electron chi connectivity index (χ3n) is 7.30. The number of imide groups is 1. The first-order valence-electron chi connectivity index (χ1n) is 11.4. The van der Waals surface area contributed by atoms with Crippen LogP contribution < -0.4 is 9.64 Å². The molecule has 1 fully saturated rings. The number of nitrogens with zero attached hydrogens (tertiary/aromatic N) is 2. The number of aromatic amines is 1. The Morgan fingerprint density at radius 2 is 1.76 bits per heavy atom. The first-order valence-corrected chi connectivity index (χ1v) is 11.4. The Balaban J connectivity index is 1.60. The van der Waals surface area contributed by atoms with Crippen LogP contribution >= 0.6 is 0 Å². The number of methoxy groups -OCH3 is 1. The van der Waals surface area contributed by atoms with Gasteiger partial charge in [0.15, 0.2) is 5.54 Å². The number of anilines is 1. The zero-order valence-electron chi connectivity index (χ0n) is 19.3. The fraction of sp³-hybridized carbons (Fsp3) is 0.214. The number of H-pyrrole nitrogens is 1. The molecule has 0 saturated carbocycles. The molecule has 6 heteroatoms. The van der Waals surface area contributed by atoms with Crippen LogP contribution in [0.15, 0.2) is 72.8 Å². The number of aromatic nitrogens is 1. The Bertz CT molecular complexity index is 1470. The maximum atomic E-state index is 14.0. The summed E-state index contributed by atoms with van der Waals surface area (Å²) in [5.74, 6) is 0.375. The first kappa shape index (κ1) is 20.5. The summed E-state index contributed by atoms with van der Waals surface area (Å²) in [5, 5.41) is 1.06. The number of rotatable bonds is 3. The average molecular weight is 452 g/mol. The number of nitrogens with one attached hydrogen (secondary N) is 1. The average Bonchev–Trinajstić information content (AvgIpc) is 3.33. The molecule has 0 aliphatic carbocycles. The lowest BCUT2D eigenvalue weighted by Crippen LogP contribution is -2.50. The van der Waals surface area contributed by atoms with Crippen molar-refractivity contribution < 1.29 is 14.3 Å². The Morgan fingerprint density at radius 1 is 1.00 bits per heavy atom. The predicted molar refractivity (Wildman–Crippen MR) is 131 cm³/mol. The summed E-state index contributed by atoms with van der Waals surface area (Å²) < 4.78 is 5.70. The molecular formula is C28H25N3O3. The number of para-hydroxylation sites is 2. The summed E-state index contributed by atoms with van der Waals surface area (Å²) in [6, 6.07) is 23.2. The highest BCUT2D eigenvalue weighted by molar-refractivity contribution is 6.23. The number of ether oxygens (including phenoxy) is 1. The second-order valence-corrected chi connectivity index (χ2v) is 9.20. The van der Waals surface area contributed by atoms with E-state index in [0.29, 0.717) is 12.2 Å². The van der Waals surface area contributed by atoms with E-state index in [-0.39, 0.29) is 17.9 Å². The number of hydrogen-bond acceptors (Lipinski definition) is 3. The fourth-order valence-electron chi connectivity index (χ4n) is 5.62. The lowest BCUT2D eigenvalue weighted by atomic mass is 9.78.